The maximum Gasteiger partial charge on any atom is 0.418 e. The first-order chi connectivity index (χ1) is 11.8. The molecule has 8 heteroatoms. The number of anilines is 1. The van der Waals surface area contributed by atoms with Crippen molar-refractivity contribution >= 4 is 28.8 Å². The van der Waals surface area contributed by atoms with E-state index in [0.717, 1.165) is 33.5 Å². The first-order valence-corrected chi connectivity index (χ1v) is 8.84. The molecule has 0 amide bonds. The van der Waals surface area contributed by atoms with Crippen LogP contribution in [0.15, 0.2) is 30.3 Å². The van der Waals surface area contributed by atoms with Crippen molar-refractivity contribution in [3.8, 4) is 16.3 Å². The third-order valence-electron chi connectivity index (χ3n) is 4.12. The van der Waals surface area contributed by atoms with Crippen molar-refractivity contribution in [1.82, 2.24) is 9.78 Å². The molecule has 3 aromatic rings. The van der Waals surface area contributed by atoms with Crippen molar-refractivity contribution in [3.63, 3.8) is 0 Å². The molecule has 25 heavy (non-hydrogen) atoms. The fraction of sp³-hybridized carbons (Fsp3) is 0.235. The average molecular weight is 384 g/mol. The normalized spacial score (nSPS) is 13.8. The van der Waals surface area contributed by atoms with Gasteiger partial charge in [-0.25, -0.2) is 4.68 Å². The van der Waals surface area contributed by atoms with Crippen molar-refractivity contribution < 1.29 is 13.2 Å². The van der Waals surface area contributed by atoms with Crippen molar-refractivity contribution in [3.05, 3.63) is 51.4 Å². The molecule has 0 radical (unpaired) electrons. The lowest BCUT2D eigenvalue weighted by Crippen LogP contribution is -2.13. The van der Waals surface area contributed by atoms with Gasteiger partial charge >= 0.3 is 6.18 Å². The van der Waals surface area contributed by atoms with Crippen molar-refractivity contribution in [2.24, 2.45) is 0 Å². The van der Waals surface area contributed by atoms with Gasteiger partial charge in [-0.05, 0) is 43.7 Å². The summed E-state index contributed by atoms with van der Waals surface area (Å²) in [7, 11) is 0. The Labute approximate surface area is 151 Å². The van der Waals surface area contributed by atoms with Crippen LogP contribution in [0.4, 0.5) is 19.0 Å². The Morgan fingerprint density at radius 3 is 2.72 bits per heavy atom. The van der Waals surface area contributed by atoms with Gasteiger partial charge in [-0.1, -0.05) is 11.6 Å². The molecule has 0 unspecified atom stereocenters. The molecule has 130 valence electrons. The summed E-state index contributed by atoms with van der Waals surface area (Å²) in [4.78, 5) is 2.09. The number of thiophene rings is 1. The Morgan fingerprint density at radius 1 is 1.24 bits per heavy atom. The van der Waals surface area contributed by atoms with Gasteiger partial charge in [0.1, 0.15) is 11.5 Å². The van der Waals surface area contributed by atoms with E-state index in [1.54, 1.807) is 11.3 Å². The van der Waals surface area contributed by atoms with Crippen LogP contribution in [0, 0.1) is 6.92 Å². The highest BCUT2D eigenvalue weighted by molar-refractivity contribution is 7.15. The highest BCUT2D eigenvalue weighted by atomic mass is 35.5. The summed E-state index contributed by atoms with van der Waals surface area (Å²) in [5.74, 6) is 0.619. The van der Waals surface area contributed by atoms with Crippen LogP contribution in [0.3, 0.4) is 0 Å². The number of hydrogen-bond donors (Lipinski definition) is 1. The molecule has 0 aliphatic carbocycles. The van der Waals surface area contributed by atoms with Gasteiger partial charge in [0, 0.05) is 22.0 Å². The molecule has 4 rings (SSSR count). The molecule has 0 bridgehead atoms. The molecule has 0 atom stereocenters. The standard InChI is InChI=1S/C17H13ClF3N3S/c1-9-2-5-14(25-9)15-11-6-7-22-16(11)24(23-15)13-4-3-10(18)8-12(13)17(19,20)21/h2-5,8,22H,6-7H2,1H3. The van der Waals surface area contributed by atoms with Crippen LogP contribution in [-0.2, 0) is 12.6 Å². The van der Waals surface area contributed by atoms with E-state index in [9.17, 15) is 13.2 Å². The van der Waals surface area contributed by atoms with E-state index in [-0.39, 0.29) is 10.7 Å². The Morgan fingerprint density at radius 2 is 2.04 bits per heavy atom. The van der Waals surface area contributed by atoms with E-state index >= 15 is 0 Å². The van der Waals surface area contributed by atoms with Crippen LogP contribution in [0.25, 0.3) is 16.3 Å². The summed E-state index contributed by atoms with van der Waals surface area (Å²) in [5.41, 5.74) is 0.862. The molecule has 0 fully saturated rings. The second kappa shape index (κ2) is 5.78. The predicted octanol–water partition coefficient (Wildman–Crippen LogP) is 5.55. The monoisotopic (exact) mass is 383 g/mol. The number of halogens is 4. The predicted molar refractivity (Wildman–Crippen MR) is 93.8 cm³/mol. The highest BCUT2D eigenvalue weighted by Gasteiger charge is 2.36. The first kappa shape index (κ1) is 16.5. The number of alkyl halides is 3. The summed E-state index contributed by atoms with van der Waals surface area (Å²) < 4.78 is 41.8. The third kappa shape index (κ3) is 2.81. The Bertz CT molecular complexity index is 959. The number of rotatable bonds is 2. The number of aryl methyl sites for hydroxylation is 1. The second-order valence-corrected chi connectivity index (χ2v) is 7.56. The maximum absolute atomic E-state index is 13.5. The van der Waals surface area contributed by atoms with E-state index in [1.807, 2.05) is 19.1 Å². The van der Waals surface area contributed by atoms with Crippen LogP contribution in [-0.4, -0.2) is 16.3 Å². The molecule has 3 nitrogen and oxygen atoms in total. The largest absolute Gasteiger partial charge is 0.418 e. The maximum atomic E-state index is 13.5. The minimum atomic E-state index is -4.52. The number of aromatic nitrogens is 2. The lowest BCUT2D eigenvalue weighted by atomic mass is 10.1. The molecular formula is C17H13ClF3N3S. The van der Waals surface area contributed by atoms with Gasteiger partial charge in [-0.2, -0.15) is 18.3 Å². The molecular weight excluding hydrogens is 371 g/mol. The van der Waals surface area contributed by atoms with Gasteiger partial charge in [-0.15, -0.1) is 11.3 Å². The Kier molecular flexibility index (Phi) is 3.81. The summed E-state index contributed by atoms with van der Waals surface area (Å²) in [6.07, 6.45) is -3.78. The average Bonchev–Trinajstić information content (AvgIpc) is 3.22. The van der Waals surface area contributed by atoms with Gasteiger partial charge in [-0.3, -0.25) is 0 Å². The molecule has 1 aromatic carbocycles. The lowest BCUT2D eigenvalue weighted by Gasteiger charge is -2.15. The van der Waals surface area contributed by atoms with Gasteiger partial charge in [0.25, 0.3) is 0 Å². The zero-order chi connectivity index (χ0) is 17.8. The number of nitrogens with one attached hydrogen (secondary N) is 1. The highest BCUT2D eigenvalue weighted by Crippen LogP contribution is 2.41. The molecule has 0 saturated carbocycles. The molecule has 0 spiro atoms. The van der Waals surface area contributed by atoms with Crippen LogP contribution < -0.4 is 5.32 Å². The molecule has 0 saturated heterocycles. The molecule has 1 aliphatic rings. The van der Waals surface area contributed by atoms with Crippen LogP contribution >= 0.6 is 22.9 Å². The summed E-state index contributed by atoms with van der Waals surface area (Å²) in [6, 6.07) is 7.69. The minimum Gasteiger partial charge on any atom is -0.369 e. The van der Waals surface area contributed by atoms with Crippen molar-refractivity contribution in [2.45, 2.75) is 19.5 Å². The number of hydrogen-bond acceptors (Lipinski definition) is 3. The van der Waals surface area contributed by atoms with Gasteiger partial charge in [0.05, 0.1) is 16.1 Å². The lowest BCUT2D eigenvalue weighted by molar-refractivity contribution is -0.137. The third-order valence-corrected chi connectivity index (χ3v) is 5.36. The quantitative estimate of drug-likeness (QED) is 0.628. The second-order valence-electron chi connectivity index (χ2n) is 5.83. The van der Waals surface area contributed by atoms with Crippen molar-refractivity contribution in [2.75, 3.05) is 11.9 Å². The molecule has 1 N–H and O–H groups in total. The van der Waals surface area contributed by atoms with Crippen LogP contribution in [0.2, 0.25) is 5.02 Å². The smallest absolute Gasteiger partial charge is 0.369 e. The van der Waals surface area contributed by atoms with Gasteiger partial charge in [0.2, 0.25) is 0 Å². The zero-order valence-electron chi connectivity index (χ0n) is 13.1. The van der Waals surface area contributed by atoms with Gasteiger partial charge in [0.15, 0.2) is 0 Å². The summed E-state index contributed by atoms with van der Waals surface area (Å²) in [6.45, 7) is 2.67. The summed E-state index contributed by atoms with van der Waals surface area (Å²) in [5, 5.41) is 7.72. The molecule has 1 aliphatic heterocycles. The van der Waals surface area contributed by atoms with E-state index in [4.69, 9.17) is 11.6 Å². The van der Waals surface area contributed by atoms with Crippen LogP contribution in [0.5, 0.6) is 0 Å². The topological polar surface area (TPSA) is 29.9 Å². The SMILES string of the molecule is Cc1ccc(-c2nn(-c3ccc(Cl)cc3C(F)(F)F)c3c2CCN3)s1. The van der Waals surface area contributed by atoms with E-state index in [0.29, 0.717) is 12.4 Å². The molecule has 3 heterocycles. The number of nitrogens with zero attached hydrogens (tertiary/aromatic N) is 2. The van der Waals surface area contributed by atoms with E-state index in [1.165, 1.54) is 16.8 Å². The minimum absolute atomic E-state index is 0.0259. The van der Waals surface area contributed by atoms with E-state index < -0.39 is 11.7 Å². The first-order valence-electron chi connectivity index (χ1n) is 7.64. The Balaban J connectivity index is 1.94. The zero-order valence-corrected chi connectivity index (χ0v) is 14.7. The fourth-order valence-corrected chi connectivity index (χ4v) is 4.08. The number of fused-ring (bicyclic) bond motifs is 1. The number of benzene rings is 1. The molecule has 2 aromatic heterocycles. The van der Waals surface area contributed by atoms with Crippen LogP contribution in [0.1, 0.15) is 16.0 Å². The van der Waals surface area contributed by atoms with Gasteiger partial charge < -0.3 is 5.32 Å². The van der Waals surface area contributed by atoms with Crippen molar-refractivity contribution in [1.29, 1.82) is 0 Å². The fourth-order valence-electron chi connectivity index (χ4n) is 3.03. The Hall–Kier alpha value is -1.99. The summed E-state index contributed by atoms with van der Waals surface area (Å²) >= 11 is 7.37. The van der Waals surface area contributed by atoms with E-state index in [2.05, 4.69) is 10.4 Å².